The zero-order valence-corrected chi connectivity index (χ0v) is 14.1. The number of unbranched alkanes of at least 4 members (excludes halogenated alkanes) is 7. The zero-order chi connectivity index (χ0) is 14.5. The molecule has 0 bridgehead atoms. The summed E-state index contributed by atoms with van der Waals surface area (Å²) >= 11 is 5.25. The predicted octanol–water partition coefficient (Wildman–Crippen LogP) is 5.35. The Morgan fingerprint density at radius 3 is 2.20 bits per heavy atom. The van der Waals surface area contributed by atoms with Crippen LogP contribution in [0, 0.1) is 0 Å². The van der Waals surface area contributed by atoms with Gasteiger partial charge in [-0.2, -0.15) is 0 Å². The van der Waals surface area contributed by atoms with Crippen LogP contribution in [0.25, 0.3) is 0 Å². The Labute approximate surface area is 131 Å². The van der Waals surface area contributed by atoms with Crippen molar-refractivity contribution in [3.63, 3.8) is 0 Å². The van der Waals surface area contributed by atoms with E-state index in [1.54, 1.807) is 0 Å². The zero-order valence-electron chi connectivity index (χ0n) is 13.3. The first-order chi connectivity index (χ1) is 9.83. The molecule has 0 amide bonds. The highest BCUT2D eigenvalue weighted by Crippen LogP contribution is 2.17. The molecule has 0 spiro atoms. The van der Waals surface area contributed by atoms with Gasteiger partial charge in [0.1, 0.15) is 0 Å². The van der Waals surface area contributed by atoms with Crippen molar-refractivity contribution in [2.75, 3.05) is 6.61 Å². The van der Waals surface area contributed by atoms with Crippen LogP contribution < -0.4 is 5.32 Å². The van der Waals surface area contributed by atoms with E-state index in [-0.39, 0.29) is 0 Å². The maximum atomic E-state index is 5.61. The van der Waals surface area contributed by atoms with Gasteiger partial charge in [-0.25, -0.2) is 0 Å². The van der Waals surface area contributed by atoms with Gasteiger partial charge in [-0.3, -0.25) is 0 Å². The summed E-state index contributed by atoms with van der Waals surface area (Å²) in [5.74, 6) is 0. The lowest BCUT2D eigenvalue weighted by molar-refractivity contribution is 0.274. The minimum absolute atomic E-state index is 0.565. The summed E-state index contributed by atoms with van der Waals surface area (Å²) in [5.41, 5.74) is 0. The molecule has 0 atom stereocenters. The van der Waals surface area contributed by atoms with Gasteiger partial charge in [0.15, 0.2) is 0 Å². The minimum Gasteiger partial charge on any atom is -0.471 e. The van der Waals surface area contributed by atoms with Gasteiger partial charge in [0, 0.05) is 6.04 Å². The van der Waals surface area contributed by atoms with Gasteiger partial charge < -0.3 is 10.1 Å². The summed E-state index contributed by atoms with van der Waals surface area (Å²) in [6, 6.07) is 0.565. The molecule has 1 aliphatic rings. The Hall–Kier alpha value is -0.310. The Kier molecular flexibility index (Phi) is 11.0. The SMILES string of the molecule is CCCCCCCCCCOC(=S)NC1CCCCC1. The van der Waals surface area contributed by atoms with E-state index in [2.05, 4.69) is 12.2 Å². The van der Waals surface area contributed by atoms with Crippen molar-refractivity contribution in [3.05, 3.63) is 0 Å². The summed E-state index contributed by atoms with van der Waals surface area (Å²) < 4.78 is 5.61. The fraction of sp³-hybridized carbons (Fsp3) is 0.941. The van der Waals surface area contributed by atoms with Crippen molar-refractivity contribution < 1.29 is 4.74 Å². The van der Waals surface area contributed by atoms with Crippen LogP contribution in [0.2, 0.25) is 0 Å². The molecule has 0 radical (unpaired) electrons. The number of ether oxygens (including phenoxy) is 1. The Morgan fingerprint density at radius 1 is 0.950 bits per heavy atom. The molecule has 1 N–H and O–H groups in total. The first-order valence-electron chi connectivity index (χ1n) is 8.76. The van der Waals surface area contributed by atoms with Crippen LogP contribution in [0.1, 0.15) is 90.4 Å². The van der Waals surface area contributed by atoms with E-state index in [0.29, 0.717) is 11.2 Å². The van der Waals surface area contributed by atoms with E-state index < -0.39 is 0 Å². The van der Waals surface area contributed by atoms with Crippen LogP contribution in [0.15, 0.2) is 0 Å². The maximum absolute atomic E-state index is 5.61. The predicted molar refractivity (Wildman–Crippen MR) is 91.2 cm³/mol. The first-order valence-corrected chi connectivity index (χ1v) is 9.17. The normalized spacial score (nSPS) is 16.1. The number of hydrogen-bond donors (Lipinski definition) is 1. The molecular formula is C17H33NOS. The maximum Gasteiger partial charge on any atom is 0.256 e. The van der Waals surface area contributed by atoms with Crippen LogP contribution in [-0.2, 0) is 4.74 Å². The molecule has 1 saturated carbocycles. The quantitative estimate of drug-likeness (QED) is 0.434. The number of thiocarbonyl (C=S) groups is 1. The molecule has 1 rings (SSSR count). The monoisotopic (exact) mass is 299 g/mol. The number of rotatable bonds is 10. The summed E-state index contributed by atoms with van der Waals surface area (Å²) in [6.45, 7) is 3.05. The van der Waals surface area contributed by atoms with Crippen LogP contribution in [0.3, 0.4) is 0 Å². The van der Waals surface area contributed by atoms with Crippen molar-refractivity contribution in [2.45, 2.75) is 96.4 Å². The van der Waals surface area contributed by atoms with Gasteiger partial charge in [-0.1, -0.05) is 71.1 Å². The number of nitrogens with one attached hydrogen (secondary N) is 1. The molecule has 0 aromatic carbocycles. The van der Waals surface area contributed by atoms with Gasteiger partial charge in [0.25, 0.3) is 5.17 Å². The molecule has 3 heteroatoms. The molecule has 0 aromatic rings. The van der Waals surface area contributed by atoms with E-state index in [0.717, 1.165) is 13.0 Å². The molecule has 0 saturated heterocycles. The highest BCUT2D eigenvalue weighted by molar-refractivity contribution is 7.80. The van der Waals surface area contributed by atoms with Crippen molar-refractivity contribution >= 4 is 17.4 Å². The van der Waals surface area contributed by atoms with E-state index in [1.807, 2.05) is 0 Å². The fourth-order valence-corrected chi connectivity index (χ4v) is 3.11. The van der Waals surface area contributed by atoms with Gasteiger partial charge in [0.05, 0.1) is 6.61 Å². The molecule has 20 heavy (non-hydrogen) atoms. The average molecular weight is 300 g/mol. The van der Waals surface area contributed by atoms with E-state index >= 15 is 0 Å². The highest BCUT2D eigenvalue weighted by atomic mass is 32.1. The second-order valence-electron chi connectivity index (χ2n) is 6.09. The Morgan fingerprint density at radius 2 is 1.55 bits per heavy atom. The van der Waals surface area contributed by atoms with Crippen LogP contribution in [-0.4, -0.2) is 17.8 Å². The molecule has 0 heterocycles. The standard InChI is InChI=1S/C17H33NOS/c1-2-3-4-5-6-7-8-12-15-19-17(20)18-16-13-10-9-11-14-16/h16H,2-15H2,1H3,(H,18,20). The Balaban J connectivity index is 1.84. The Bertz CT molecular complexity index is 239. The molecule has 2 nitrogen and oxygen atoms in total. The smallest absolute Gasteiger partial charge is 0.256 e. The van der Waals surface area contributed by atoms with Crippen LogP contribution in [0.5, 0.6) is 0 Å². The van der Waals surface area contributed by atoms with Crippen molar-refractivity contribution in [2.24, 2.45) is 0 Å². The fourth-order valence-electron chi connectivity index (χ4n) is 2.86. The lowest BCUT2D eigenvalue weighted by atomic mass is 9.96. The van der Waals surface area contributed by atoms with E-state index in [1.165, 1.54) is 77.0 Å². The largest absolute Gasteiger partial charge is 0.471 e. The molecular weight excluding hydrogens is 266 g/mol. The topological polar surface area (TPSA) is 21.3 Å². The van der Waals surface area contributed by atoms with Gasteiger partial charge >= 0.3 is 0 Å². The summed E-state index contributed by atoms with van der Waals surface area (Å²) in [5, 5.41) is 3.98. The summed E-state index contributed by atoms with van der Waals surface area (Å²) in [6.07, 6.45) is 17.2. The van der Waals surface area contributed by atoms with Gasteiger partial charge in [-0.15, -0.1) is 0 Å². The average Bonchev–Trinajstić information content (AvgIpc) is 2.46. The van der Waals surface area contributed by atoms with Gasteiger partial charge in [0.2, 0.25) is 0 Å². The van der Waals surface area contributed by atoms with Crippen LogP contribution >= 0.6 is 12.2 Å². The second-order valence-corrected chi connectivity index (χ2v) is 6.46. The number of hydrogen-bond acceptors (Lipinski definition) is 2. The molecule has 1 fully saturated rings. The second kappa shape index (κ2) is 12.4. The molecule has 0 aliphatic heterocycles. The lowest BCUT2D eigenvalue weighted by Gasteiger charge is -2.23. The summed E-state index contributed by atoms with van der Waals surface area (Å²) in [7, 11) is 0. The third-order valence-electron chi connectivity index (χ3n) is 4.16. The minimum atomic E-state index is 0.565. The molecule has 0 unspecified atom stereocenters. The van der Waals surface area contributed by atoms with Crippen molar-refractivity contribution in [1.29, 1.82) is 0 Å². The van der Waals surface area contributed by atoms with Crippen molar-refractivity contribution in [3.8, 4) is 0 Å². The third-order valence-corrected chi connectivity index (χ3v) is 4.39. The molecule has 118 valence electrons. The van der Waals surface area contributed by atoms with Crippen molar-refractivity contribution in [1.82, 2.24) is 5.32 Å². The molecule has 0 aromatic heterocycles. The lowest BCUT2D eigenvalue weighted by Crippen LogP contribution is -2.36. The highest BCUT2D eigenvalue weighted by Gasteiger charge is 2.14. The van der Waals surface area contributed by atoms with Gasteiger partial charge in [-0.05, 0) is 31.5 Å². The first kappa shape index (κ1) is 17.7. The third kappa shape index (κ3) is 9.57. The van der Waals surface area contributed by atoms with E-state index in [4.69, 9.17) is 17.0 Å². The van der Waals surface area contributed by atoms with E-state index in [9.17, 15) is 0 Å². The summed E-state index contributed by atoms with van der Waals surface area (Å²) in [4.78, 5) is 0. The van der Waals surface area contributed by atoms with Crippen LogP contribution in [0.4, 0.5) is 0 Å². The molecule has 1 aliphatic carbocycles.